The third kappa shape index (κ3) is 5.19. The third-order valence-corrected chi connectivity index (χ3v) is 5.13. The molecule has 30 heavy (non-hydrogen) atoms. The molecule has 0 aliphatic heterocycles. The second-order valence-corrected chi connectivity index (χ2v) is 7.75. The summed E-state index contributed by atoms with van der Waals surface area (Å²) >= 11 is 5.87. The highest BCUT2D eigenvalue weighted by Crippen LogP contribution is 2.25. The Hall–Kier alpha value is -3.31. The predicted octanol–water partition coefficient (Wildman–Crippen LogP) is 5.02. The van der Waals surface area contributed by atoms with Crippen molar-refractivity contribution in [2.75, 3.05) is 10.6 Å². The van der Waals surface area contributed by atoms with Gasteiger partial charge in [0.1, 0.15) is 6.04 Å². The normalized spacial score (nSPS) is 13.9. The molecule has 1 aliphatic rings. The van der Waals surface area contributed by atoms with E-state index in [1.807, 2.05) is 42.5 Å². The van der Waals surface area contributed by atoms with Gasteiger partial charge in [0.15, 0.2) is 0 Å². The lowest BCUT2D eigenvalue weighted by molar-refractivity contribution is -0.122. The summed E-state index contributed by atoms with van der Waals surface area (Å²) < 4.78 is 0. The van der Waals surface area contributed by atoms with E-state index in [0.717, 1.165) is 24.1 Å². The second-order valence-electron chi connectivity index (χ2n) is 7.31. The molecule has 0 heterocycles. The van der Waals surface area contributed by atoms with Gasteiger partial charge in [-0.15, -0.1) is 0 Å². The zero-order valence-corrected chi connectivity index (χ0v) is 17.0. The molecule has 1 aliphatic carbocycles. The van der Waals surface area contributed by atoms with Crippen molar-refractivity contribution in [1.82, 2.24) is 5.32 Å². The van der Waals surface area contributed by atoms with Crippen LogP contribution in [0.4, 0.5) is 11.4 Å². The molecule has 0 aromatic heterocycles. The van der Waals surface area contributed by atoms with Gasteiger partial charge in [0.25, 0.3) is 5.91 Å². The Morgan fingerprint density at radius 3 is 2.10 bits per heavy atom. The molecule has 5 nitrogen and oxygen atoms in total. The molecule has 4 rings (SSSR count). The van der Waals surface area contributed by atoms with Crippen molar-refractivity contribution in [3.8, 4) is 0 Å². The van der Waals surface area contributed by atoms with E-state index in [0.29, 0.717) is 16.3 Å². The molecule has 6 heteroatoms. The fourth-order valence-corrected chi connectivity index (χ4v) is 3.20. The van der Waals surface area contributed by atoms with Crippen molar-refractivity contribution < 1.29 is 9.59 Å². The van der Waals surface area contributed by atoms with Gasteiger partial charge in [-0.3, -0.25) is 9.59 Å². The largest absolute Gasteiger partial charge is 0.370 e. The van der Waals surface area contributed by atoms with Crippen LogP contribution in [0, 0.1) is 0 Å². The van der Waals surface area contributed by atoms with Crippen LogP contribution < -0.4 is 16.0 Å². The van der Waals surface area contributed by atoms with Gasteiger partial charge < -0.3 is 16.0 Å². The van der Waals surface area contributed by atoms with Crippen molar-refractivity contribution in [2.24, 2.45) is 0 Å². The molecule has 1 atom stereocenters. The number of hydrogen-bond acceptors (Lipinski definition) is 3. The summed E-state index contributed by atoms with van der Waals surface area (Å²) in [4.78, 5) is 25.1. The van der Waals surface area contributed by atoms with E-state index >= 15 is 0 Å². The summed E-state index contributed by atoms with van der Waals surface area (Å²) in [6, 6.07) is 23.5. The molecular formula is C24H22ClN3O2. The number of rotatable bonds is 7. The van der Waals surface area contributed by atoms with E-state index in [2.05, 4.69) is 16.0 Å². The maximum Gasteiger partial charge on any atom is 0.255 e. The van der Waals surface area contributed by atoms with Crippen molar-refractivity contribution in [3.63, 3.8) is 0 Å². The highest BCUT2D eigenvalue weighted by atomic mass is 35.5. The molecule has 1 unspecified atom stereocenters. The summed E-state index contributed by atoms with van der Waals surface area (Å²) in [5.41, 5.74) is 2.89. The molecule has 1 saturated carbocycles. The average molecular weight is 420 g/mol. The van der Waals surface area contributed by atoms with Crippen LogP contribution in [0.15, 0.2) is 78.9 Å². The number of amides is 2. The van der Waals surface area contributed by atoms with Crippen molar-refractivity contribution in [1.29, 1.82) is 0 Å². The van der Waals surface area contributed by atoms with E-state index in [4.69, 9.17) is 11.6 Å². The lowest BCUT2D eigenvalue weighted by atomic mass is 10.1. The Balaban J connectivity index is 1.44. The van der Waals surface area contributed by atoms with Crippen LogP contribution in [0.1, 0.15) is 34.8 Å². The first-order chi connectivity index (χ1) is 14.6. The molecule has 3 N–H and O–H groups in total. The Morgan fingerprint density at radius 1 is 0.833 bits per heavy atom. The number of anilines is 2. The quantitative estimate of drug-likeness (QED) is 0.503. The molecule has 0 bridgehead atoms. The van der Waals surface area contributed by atoms with E-state index in [1.54, 1.807) is 36.4 Å². The van der Waals surface area contributed by atoms with Crippen molar-refractivity contribution in [3.05, 3.63) is 95.0 Å². The number of halogens is 1. The van der Waals surface area contributed by atoms with Crippen LogP contribution in [0.2, 0.25) is 5.02 Å². The number of hydrogen-bond donors (Lipinski definition) is 3. The summed E-state index contributed by atoms with van der Waals surface area (Å²) in [6.07, 6.45) is 2.07. The van der Waals surface area contributed by atoms with Gasteiger partial charge in [-0.2, -0.15) is 0 Å². The van der Waals surface area contributed by atoms with Gasteiger partial charge in [0.2, 0.25) is 5.91 Å². The Morgan fingerprint density at radius 2 is 1.47 bits per heavy atom. The number of carbonyl (C=O) groups excluding carboxylic acids is 2. The topological polar surface area (TPSA) is 70.2 Å². The molecular weight excluding hydrogens is 398 g/mol. The monoisotopic (exact) mass is 419 g/mol. The highest BCUT2D eigenvalue weighted by Gasteiger charge is 2.28. The zero-order valence-electron chi connectivity index (χ0n) is 16.3. The van der Waals surface area contributed by atoms with Gasteiger partial charge in [0, 0.05) is 28.0 Å². The number of nitrogens with one attached hydrogen (secondary N) is 3. The smallest absolute Gasteiger partial charge is 0.255 e. The lowest BCUT2D eigenvalue weighted by Gasteiger charge is -2.20. The summed E-state index contributed by atoms with van der Waals surface area (Å²) in [5, 5.41) is 9.81. The minimum Gasteiger partial charge on any atom is -0.370 e. The van der Waals surface area contributed by atoms with Crippen LogP contribution in [0.5, 0.6) is 0 Å². The van der Waals surface area contributed by atoms with Gasteiger partial charge in [0.05, 0.1) is 0 Å². The van der Waals surface area contributed by atoms with Crippen LogP contribution in [-0.4, -0.2) is 17.9 Å². The third-order valence-electron chi connectivity index (χ3n) is 4.88. The first kappa shape index (κ1) is 20.0. The minimum atomic E-state index is -0.485. The van der Waals surface area contributed by atoms with Gasteiger partial charge in [-0.25, -0.2) is 0 Å². The van der Waals surface area contributed by atoms with Crippen molar-refractivity contribution in [2.45, 2.75) is 24.9 Å². The van der Waals surface area contributed by atoms with E-state index < -0.39 is 6.04 Å². The van der Waals surface area contributed by atoms with Crippen LogP contribution in [0.3, 0.4) is 0 Å². The van der Waals surface area contributed by atoms with E-state index in [-0.39, 0.29) is 17.9 Å². The number of benzene rings is 3. The molecule has 0 spiro atoms. The summed E-state index contributed by atoms with van der Waals surface area (Å²) in [7, 11) is 0. The molecule has 2 amide bonds. The zero-order chi connectivity index (χ0) is 20.9. The highest BCUT2D eigenvalue weighted by molar-refractivity contribution is 6.30. The Labute approximate surface area is 180 Å². The Kier molecular flexibility index (Phi) is 6.00. The molecule has 0 saturated heterocycles. The standard InChI is InChI=1S/C24H22ClN3O2/c25-18-8-6-17(7-9-18)23(29)27-20-12-10-19(11-13-20)26-22(16-4-2-1-3-5-16)24(30)28-21-14-15-21/h1-13,21-22,26H,14-15H2,(H,27,29)(H,28,30). The number of carbonyl (C=O) groups is 2. The molecule has 0 radical (unpaired) electrons. The SMILES string of the molecule is O=C(Nc1ccc(NC(C(=O)NC2CC2)c2ccccc2)cc1)c1ccc(Cl)cc1. The fraction of sp³-hybridized carbons (Fsp3) is 0.167. The van der Waals surface area contributed by atoms with Crippen LogP contribution >= 0.6 is 11.6 Å². The average Bonchev–Trinajstić information content (AvgIpc) is 3.58. The Bertz CT molecular complexity index is 1020. The van der Waals surface area contributed by atoms with Gasteiger partial charge >= 0.3 is 0 Å². The van der Waals surface area contributed by atoms with E-state index in [1.165, 1.54) is 0 Å². The molecule has 1 fully saturated rings. The maximum atomic E-state index is 12.8. The van der Waals surface area contributed by atoms with Crippen LogP contribution in [-0.2, 0) is 4.79 Å². The van der Waals surface area contributed by atoms with Crippen LogP contribution in [0.25, 0.3) is 0 Å². The lowest BCUT2D eigenvalue weighted by Crippen LogP contribution is -2.34. The molecule has 152 valence electrons. The van der Waals surface area contributed by atoms with Gasteiger partial charge in [-0.1, -0.05) is 41.9 Å². The first-order valence-corrected chi connectivity index (χ1v) is 10.2. The second kappa shape index (κ2) is 9.01. The maximum absolute atomic E-state index is 12.8. The molecule has 3 aromatic carbocycles. The first-order valence-electron chi connectivity index (χ1n) is 9.87. The van der Waals surface area contributed by atoms with Gasteiger partial charge in [-0.05, 0) is 66.9 Å². The van der Waals surface area contributed by atoms with E-state index in [9.17, 15) is 9.59 Å². The predicted molar refractivity (Wildman–Crippen MR) is 120 cm³/mol. The van der Waals surface area contributed by atoms with Crippen molar-refractivity contribution >= 4 is 34.8 Å². The molecule has 3 aromatic rings. The summed E-state index contributed by atoms with van der Waals surface area (Å²) in [6.45, 7) is 0. The minimum absolute atomic E-state index is 0.0381. The summed E-state index contributed by atoms with van der Waals surface area (Å²) in [5.74, 6) is -0.248. The fourth-order valence-electron chi connectivity index (χ4n) is 3.08.